The molecule has 4 heteroatoms. The molecule has 176 valence electrons. The summed E-state index contributed by atoms with van der Waals surface area (Å²) in [5.74, 6) is 0. The number of amides is 1. The van der Waals surface area contributed by atoms with Crippen molar-refractivity contribution in [3.8, 4) is 0 Å². The average Bonchev–Trinajstić information content (AvgIpc) is 2.81. The van der Waals surface area contributed by atoms with E-state index in [4.69, 9.17) is 4.74 Å². The molecular formula is C30H34N2O2. The number of hydrogen-bond donors (Lipinski definition) is 0. The largest absolute Gasteiger partial charge is 0.444 e. The maximum atomic E-state index is 12.5. The lowest BCUT2D eigenvalue weighted by Crippen LogP contribution is -2.39. The molecule has 0 aliphatic heterocycles. The molecule has 0 aliphatic carbocycles. The first-order valence-corrected chi connectivity index (χ1v) is 11.9. The molecule has 0 saturated carbocycles. The fourth-order valence-corrected chi connectivity index (χ4v) is 4.20. The Morgan fingerprint density at radius 2 is 1.44 bits per heavy atom. The van der Waals surface area contributed by atoms with E-state index in [1.165, 1.54) is 32.7 Å². The van der Waals surface area contributed by atoms with Crippen LogP contribution in [-0.4, -0.2) is 41.6 Å². The van der Waals surface area contributed by atoms with Crippen LogP contribution < -0.4 is 0 Å². The van der Waals surface area contributed by atoms with Gasteiger partial charge in [0.15, 0.2) is 0 Å². The van der Waals surface area contributed by atoms with E-state index in [1.807, 2.05) is 20.8 Å². The van der Waals surface area contributed by atoms with Gasteiger partial charge >= 0.3 is 6.09 Å². The molecule has 0 saturated heterocycles. The standard InChI is InChI=1S/C30H34N2O2/c1-30(2,3)34-29(33)31(4)18-19-32(21-23-16-17-24-10-5-6-12-26(24)20-23)22-27-14-9-13-25-11-7-8-15-28(25)27/h5-17,20H,18-19,21-22H2,1-4H3. The lowest BCUT2D eigenvalue weighted by molar-refractivity contribution is 0.0280. The molecule has 1 amide bonds. The second-order valence-electron chi connectivity index (χ2n) is 9.93. The molecule has 0 bridgehead atoms. The number of fused-ring (bicyclic) bond motifs is 2. The number of ether oxygens (including phenoxy) is 1. The summed E-state index contributed by atoms with van der Waals surface area (Å²) in [7, 11) is 1.81. The topological polar surface area (TPSA) is 32.8 Å². The zero-order valence-corrected chi connectivity index (χ0v) is 20.6. The first-order valence-electron chi connectivity index (χ1n) is 11.9. The second-order valence-corrected chi connectivity index (χ2v) is 9.93. The van der Waals surface area contributed by atoms with Crippen molar-refractivity contribution >= 4 is 27.6 Å². The molecule has 0 fully saturated rings. The van der Waals surface area contributed by atoms with Crippen LogP contribution in [-0.2, 0) is 17.8 Å². The van der Waals surface area contributed by atoms with Gasteiger partial charge in [0, 0.05) is 33.2 Å². The number of carbonyl (C=O) groups excluding carboxylic acids is 1. The smallest absolute Gasteiger partial charge is 0.410 e. The van der Waals surface area contributed by atoms with E-state index in [1.54, 1.807) is 11.9 Å². The van der Waals surface area contributed by atoms with E-state index >= 15 is 0 Å². The summed E-state index contributed by atoms with van der Waals surface area (Å²) >= 11 is 0. The highest BCUT2D eigenvalue weighted by Gasteiger charge is 2.20. The van der Waals surface area contributed by atoms with Gasteiger partial charge in [0.2, 0.25) is 0 Å². The minimum absolute atomic E-state index is 0.289. The minimum atomic E-state index is -0.501. The summed E-state index contributed by atoms with van der Waals surface area (Å²) in [4.78, 5) is 16.6. The highest BCUT2D eigenvalue weighted by Crippen LogP contribution is 2.22. The molecule has 0 unspecified atom stereocenters. The maximum Gasteiger partial charge on any atom is 0.410 e. The molecule has 0 aromatic heterocycles. The minimum Gasteiger partial charge on any atom is -0.444 e. The van der Waals surface area contributed by atoms with Crippen LogP contribution in [0, 0.1) is 0 Å². The first kappa shape index (κ1) is 23.8. The van der Waals surface area contributed by atoms with Gasteiger partial charge in [-0.3, -0.25) is 4.90 Å². The Morgan fingerprint density at radius 1 is 0.765 bits per heavy atom. The normalized spacial score (nSPS) is 11.8. The van der Waals surface area contributed by atoms with Crippen molar-refractivity contribution in [2.24, 2.45) is 0 Å². The van der Waals surface area contributed by atoms with Gasteiger partial charge in [-0.2, -0.15) is 0 Å². The van der Waals surface area contributed by atoms with Crippen molar-refractivity contribution in [1.29, 1.82) is 0 Å². The molecule has 0 heterocycles. The summed E-state index contributed by atoms with van der Waals surface area (Å²) in [5.41, 5.74) is 2.05. The van der Waals surface area contributed by atoms with E-state index in [2.05, 4.69) is 89.8 Å². The molecule has 0 aliphatic rings. The van der Waals surface area contributed by atoms with Crippen LogP contribution in [0.3, 0.4) is 0 Å². The van der Waals surface area contributed by atoms with Gasteiger partial charge in [0.05, 0.1) is 0 Å². The number of nitrogens with zero attached hydrogens (tertiary/aromatic N) is 2. The van der Waals surface area contributed by atoms with Gasteiger partial charge in [0.1, 0.15) is 5.60 Å². The Kier molecular flexibility index (Phi) is 7.18. The van der Waals surface area contributed by atoms with Crippen molar-refractivity contribution in [2.45, 2.75) is 39.5 Å². The lowest BCUT2D eigenvalue weighted by Gasteiger charge is -2.28. The van der Waals surface area contributed by atoms with Crippen LogP contribution in [0.2, 0.25) is 0 Å². The molecule has 34 heavy (non-hydrogen) atoms. The Labute approximate surface area is 202 Å². The highest BCUT2D eigenvalue weighted by atomic mass is 16.6. The van der Waals surface area contributed by atoms with Crippen molar-refractivity contribution < 1.29 is 9.53 Å². The summed E-state index contributed by atoms with van der Waals surface area (Å²) in [6.07, 6.45) is -0.289. The summed E-state index contributed by atoms with van der Waals surface area (Å²) < 4.78 is 5.54. The third-order valence-corrected chi connectivity index (χ3v) is 5.95. The molecule has 0 N–H and O–H groups in total. The molecule has 0 spiro atoms. The number of carbonyl (C=O) groups is 1. The predicted octanol–water partition coefficient (Wildman–Crippen LogP) is 6.86. The molecule has 4 aromatic carbocycles. The summed E-state index contributed by atoms with van der Waals surface area (Å²) in [5, 5.41) is 5.01. The highest BCUT2D eigenvalue weighted by molar-refractivity contribution is 5.85. The van der Waals surface area contributed by atoms with Crippen molar-refractivity contribution in [2.75, 3.05) is 20.1 Å². The van der Waals surface area contributed by atoms with Gasteiger partial charge in [0.25, 0.3) is 0 Å². The van der Waals surface area contributed by atoms with Crippen LogP contribution in [0.15, 0.2) is 84.9 Å². The Bertz CT molecular complexity index is 1270. The number of hydrogen-bond acceptors (Lipinski definition) is 3. The van der Waals surface area contributed by atoms with Crippen LogP contribution in [0.1, 0.15) is 31.9 Å². The van der Waals surface area contributed by atoms with Gasteiger partial charge < -0.3 is 9.64 Å². The number of rotatable bonds is 7. The maximum absolute atomic E-state index is 12.5. The third kappa shape index (κ3) is 6.15. The van der Waals surface area contributed by atoms with Crippen LogP contribution in [0.25, 0.3) is 21.5 Å². The first-order chi connectivity index (χ1) is 16.3. The van der Waals surface area contributed by atoms with Crippen molar-refractivity contribution in [1.82, 2.24) is 9.80 Å². The summed E-state index contributed by atoms with van der Waals surface area (Å²) in [6, 6.07) is 30.1. The quantitative estimate of drug-likeness (QED) is 0.306. The number of benzene rings is 4. The molecule has 0 atom stereocenters. The molecule has 4 rings (SSSR count). The molecular weight excluding hydrogens is 420 g/mol. The SMILES string of the molecule is CN(CCN(Cc1ccc2ccccc2c1)Cc1cccc2ccccc12)C(=O)OC(C)(C)C. The predicted molar refractivity (Wildman–Crippen MR) is 141 cm³/mol. The molecule has 4 aromatic rings. The van der Waals surface area contributed by atoms with Crippen molar-refractivity contribution in [3.05, 3.63) is 96.1 Å². The van der Waals surface area contributed by atoms with E-state index < -0.39 is 5.60 Å². The molecule has 0 radical (unpaired) electrons. The Morgan fingerprint density at radius 3 is 2.21 bits per heavy atom. The van der Waals surface area contributed by atoms with E-state index in [9.17, 15) is 4.79 Å². The van der Waals surface area contributed by atoms with Gasteiger partial charge in [-0.15, -0.1) is 0 Å². The van der Waals surface area contributed by atoms with Crippen LogP contribution in [0.5, 0.6) is 0 Å². The summed E-state index contributed by atoms with van der Waals surface area (Å²) in [6.45, 7) is 8.62. The van der Waals surface area contributed by atoms with E-state index in [0.29, 0.717) is 6.54 Å². The van der Waals surface area contributed by atoms with Crippen LogP contribution >= 0.6 is 0 Å². The van der Waals surface area contributed by atoms with Gasteiger partial charge in [-0.1, -0.05) is 78.9 Å². The number of likely N-dealkylation sites (N-methyl/N-ethyl adjacent to an activating group) is 1. The lowest BCUT2D eigenvalue weighted by atomic mass is 10.0. The Balaban J connectivity index is 1.55. The van der Waals surface area contributed by atoms with E-state index in [-0.39, 0.29) is 6.09 Å². The average molecular weight is 455 g/mol. The van der Waals surface area contributed by atoms with Gasteiger partial charge in [-0.25, -0.2) is 4.79 Å². The van der Waals surface area contributed by atoms with Crippen molar-refractivity contribution in [3.63, 3.8) is 0 Å². The fourth-order valence-electron chi connectivity index (χ4n) is 4.20. The molecule has 4 nitrogen and oxygen atoms in total. The monoisotopic (exact) mass is 454 g/mol. The third-order valence-electron chi connectivity index (χ3n) is 5.95. The Hall–Kier alpha value is -3.37. The van der Waals surface area contributed by atoms with E-state index in [0.717, 1.165) is 19.6 Å². The van der Waals surface area contributed by atoms with Crippen LogP contribution in [0.4, 0.5) is 4.79 Å². The second kappa shape index (κ2) is 10.3. The zero-order valence-electron chi connectivity index (χ0n) is 20.6. The zero-order chi connectivity index (χ0) is 24.1. The fraction of sp³-hybridized carbons (Fsp3) is 0.300. The van der Waals surface area contributed by atoms with Gasteiger partial charge in [-0.05, 0) is 59.5 Å².